The summed E-state index contributed by atoms with van der Waals surface area (Å²) in [5, 5.41) is 3.83. The molecule has 0 aromatic rings. The van der Waals surface area contributed by atoms with Crippen LogP contribution in [-0.2, 0) is 0 Å². The first-order chi connectivity index (χ1) is 6.66. The van der Waals surface area contributed by atoms with Gasteiger partial charge in [-0.1, -0.05) is 33.6 Å². The van der Waals surface area contributed by atoms with Crippen LogP contribution in [0.5, 0.6) is 0 Å². The van der Waals surface area contributed by atoms with Crippen LogP contribution in [0.15, 0.2) is 0 Å². The fourth-order valence-electron chi connectivity index (χ4n) is 2.84. The van der Waals surface area contributed by atoms with Gasteiger partial charge < -0.3 is 5.32 Å². The average Bonchev–Trinajstić information content (AvgIpc) is 2.82. The Labute approximate surface area is 88.7 Å². The maximum absolute atomic E-state index is 3.83. The van der Waals surface area contributed by atoms with Crippen LogP contribution in [0.3, 0.4) is 0 Å². The third-order valence-electron chi connectivity index (χ3n) is 4.22. The standard InChI is InChI=1S/C13H25N/c1-9(2)11-5-4-6-12(8-11)14-13-7-10(13)3/h9-14H,4-8H2,1-3H3. The van der Waals surface area contributed by atoms with Gasteiger partial charge >= 0.3 is 0 Å². The molecule has 0 radical (unpaired) electrons. The molecule has 0 saturated heterocycles. The maximum Gasteiger partial charge on any atom is 0.00989 e. The van der Waals surface area contributed by atoms with E-state index in [4.69, 9.17) is 0 Å². The van der Waals surface area contributed by atoms with E-state index in [0.717, 1.165) is 29.8 Å². The van der Waals surface area contributed by atoms with Gasteiger partial charge in [0, 0.05) is 12.1 Å². The van der Waals surface area contributed by atoms with E-state index in [1.165, 1.54) is 32.1 Å². The minimum atomic E-state index is 0.839. The normalized spacial score (nSPS) is 42.9. The van der Waals surface area contributed by atoms with E-state index in [1.54, 1.807) is 0 Å². The number of hydrogen-bond donors (Lipinski definition) is 1. The highest BCUT2D eigenvalue weighted by molar-refractivity contribution is 4.93. The van der Waals surface area contributed by atoms with Crippen LogP contribution in [0.2, 0.25) is 0 Å². The lowest BCUT2D eigenvalue weighted by molar-refractivity contribution is 0.229. The maximum atomic E-state index is 3.83. The number of nitrogens with one attached hydrogen (secondary N) is 1. The van der Waals surface area contributed by atoms with E-state index in [1.807, 2.05) is 0 Å². The second-order valence-corrected chi connectivity index (χ2v) is 5.85. The molecule has 0 heterocycles. The van der Waals surface area contributed by atoms with Crippen molar-refractivity contribution in [2.45, 2.75) is 65.0 Å². The van der Waals surface area contributed by atoms with E-state index < -0.39 is 0 Å². The average molecular weight is 195 g/mol. The highest BCUT2D eigenvalue weighted by Gasteiger charge is 2.35. The van der Waals surface area contributed by atoms with Crippen LogP contribution in [0.25, 0.3) is 0 Å². The third kappa shape index (κ3) is 2.50. The molecule has 0 spiro atoms. The molecule has 2 aliphatic carbocycles. The van der Waals surface area contributed by atoms with Crippen molar-refractivity contribution in [3.05, 3.63) is 0 Å². The lowest BCUT2D eigenvalue weighted by Gasteiger charge is -2.32. The molecule has 1 heteroatoms. The minimum Gasteiger partial charge on any atom is -0.311 e. The summed E-state index contributed by atoms with van der Waals surface area (Å²) in [7, 11) is 0. The fourth-order valence-corrected chi connectivity index (χ4v) is 2.84. The summed E-state index contributed by atoms with van der Waals surface area (Å²) < 4.78 is 0. The van der Waals surface area contributed by atoms with Crippen LogP contribution >= 0.6 is 0 Å². The highest BCUT2D eigenvalue weighted by atomic mass is 15.0. The van der Waals surface area contributed by atoms with Gasteiger partial charge in [-0.15, -0.1) is 0 Å². The largest absolute Gasteiger partial charge is 0.311 e. The van der Waals surface area contributed by atoms with Gasteiger partial charge in [-0.3, -0.25) is 0 Å². The molecule has 2 fully saturated rings. The van der Waals surface area contributed by atoms with Gasteiger partial charge in [0.25, 0.3) is 0 Å². The van der Waals surface area contributed by atoms with Crippen molar-refractivity contribution in [2.75, 3.05) is 0 Å². The van der Waals surface area contributed by atoms with Crippen LogP contribution < -0.4 is 5.32 Å². The molecule has 82 valence electrons. The van der Waals surface area contributed by atoms with E-state index in [9.17, 15) is 0 Å². The van der Waals surface area contributed by atoms with Crippen LogP contribution in [-0.4, -0.2) is 12.1 Å². The Kier molecular flexibility index (Phi) is 3.16. The molecule has 1 N–H and O–H groups in total. The Morgan fingerprint density at radius 1 is 1.14 bits per heavy atom. The summed E-state index contributed by atoms with van der Waals surface area (Å²) in [5.41, 5.74) is 0. The molecule has 0 bridgehead atoms. The van der Waals surface area contributed by atoms with Crippen molar-refractivity contribution in [3.8, 4) is 0 Å². The molecule has 2 rings (SSSR count). The first kappa shape index (κ1) is 10.5. The minimum absolute atomic E-state index is 0.839. The summed E-state index contributed by atoms with van der Waals surface area (Å²) in [5.74, 6) is 2.82. The first-order valence-corrected chi connectivity index (χ1v) is 6.43. The molecule has 0 aromatic heterocycles. The lowest BCUT2D eigenvalue weighted by Crippen LogP contribution is -2.37. The number of rotatable bonds is 3. The molecule has 2 saturated carbocycles. The van der Waals surface area contributed by atoms with Crippen molar-refractivity contribution < 1.29 is 0 Å². The quantitative estimate of drug-likeness (QED) is 0.729. The van der Waals surface area contributed by atoms with Gasteiger partial charge in [-0.25, -0.2) is 0 Å². The van der Waals surface area contributed by atoms with Gasteiger partial charge in [-0.05, 0) is 37.0 Å². The monoisotopic (exact) mass is 195 g/mol. The summed E-state index contributed by atoms with van der Waals surface area (Å²) in [6.45, 7) is 7.13. The van der Waals surface area contributed by atoms with Gasteiger partial charge in [0.15, 0.2) is 0 Å². The van der Waals surface area contributed by atoms with Crippen molar-refractivity contribution in [2.24, 2.45) is 17.8 Å². The van der Waals surface area contributed by atoms with Crippen molar-refractivity contribution in [1.29, 1.82) is 0 Å². The van der Waals surface area contributed by atoms with Gasteiger partial charge in [0.2, 0.25) is 0 Å². The fraction of sp³-hybridized carbons (Fsp3) is 1.00. The predicted octanol–water partition coefficient (Wildman–Crippen LogP) is 3.20. The Hall–Kier alpha value is -0.0400. The molecular weight excluding hydrogens is 170 g/mol. The summed E-state index contributed by atoms with van der Waals surface area (Å²) in [6, 6.07) is 1.71. The summed E-state index contributed by atoms with van der Waals surface area (Å²) in [4.78, 5) is 0. The molecule has 4 unspecified atom stereocenters. The molecule has 0 amide bonds. The smallest absolute Gasteiger partial charge is 0.00989 e. The molecule has 4 atom stereocenters. The zero-order valence-electron chi connectivity index (χ0n) is 9.92. The Morgan fingerprint density at radius 2 is 1.86 bits per heavy atom. The van der Waals surface area contributed by atoms with E-state index in [2.05, 4.69) is 26.1 Å². The van der Waals surface area contributed by atoms with E-state index >= 15 is 0 Å². The second-order valence-electron chi connectivity index (χ2n) is 5.85. The predicted molar refractivity (Wildman–Crippen MR) is 61.3 cm³/mol. The zero-order valence-corrected chi connectivity index (χ0v) is 9.92. The molecular formula is C13H25N. The molecule has 1 nitrogen and oxygen atoms in total. The molecule has 14 heavy (non-hydrogen) atoms. The van der Waals surface area contributed by atoms with Crippen molar-refractivity contribution in [1.82, 2.24) is 5.32 Å². The van der Waals surface area contributed by atoms with Gasteiger partial charge in [-0.2, -0.15) is 0 Å². The summed E-state index contributed by atoms with van der Waals surface area (Å²) in [6.07, 6.45) is 7.19. The first-order valence-electron chi connectivity index (χ1n) is 6.43. The zero-order chi connectivity index (χ0) is 10.1. The molecule has 2 aliphatic rings. The van der Waals surface area contributed by atoms with Crippen LogP contribution in [0.1, 0.15) is 52.9 Å². The van der Waals surface area contributed by atoms with Crippen LogP contribution in [0.4, 0.5) is 0 Å². The summed E-state index contributed by atoms with van der Waals surface area (Å²) >= 11 is 0. The molecule has 0 aromatic carbocycles. The van der Waals surface area contributed by atoms with E-state index in [-0.39, 0.29) is 0 Å². The van der Waals surface area contributed by atoms with Crippen molar-refractivity contribution >= 4 is 0 Å². The molecule has 0 aliphatic heterocycles. The second kappa shape index (κ2) is 4.22. The van der Waals surface area contributed by atoms with Gasteiger partial charge in [0.1, 0.15) is 0 Å². The Morgan fingerprint density at radius 3 is 2.43 bits per heavy atom. The SMILES string of the molecule is CC(C)C1CCCC(NC2CC2C)C1. The Balaban J connectivity index is 1.76. The third-order valence-corrected chi connectivity index (χ3v) is 4.22. The Bertz CT molecular complexity index is 188. The number of hydrogen-bond acceptors (Lipinski definition) is 1. The van der Waals surface area contributed by atoms with Crippen molar-refractivity contribution in [3.63, 3.8) is 0 Å². The highest BCUT2D eigenvalue weighted by Crippen LogP contribution is 2.34. The van der Waals surface area contributed by atoms with Crippen LogP contribution in [0, 0.1) is 17.8 Å². The topological polar surface area (TPSA) is 12.0 Å². The van der Waals surface area contributed by atoms with Gasteiger partial charge in [0.05, 0.1) is 0 Å². The van der Waals surface area contributed by atoms with E-state index in [0.29, 0.717) is 0 Å². The lowest BCUT2D eigenvalue weighted by atomic mass is 9.79.